The van der Waals surface area contributed by atoms with E-state index in [4.69, 9.17) is 5.26 Å². The number of hydrogen-bond donors (Lipinski definition) is 1. The molecule has 1 aromatic rings. The molecule has 0 aliphatic rings. The number of nitrogens with zero attached hydrogens (tertiary/aromatic N) is 4. The van der Waals surface area contributed by atoms with Crippen LogP contribution in [0.4, 0.5) is 5.82 Å². The fraction of sp³-hybridized carbons (Fsp3) is 0.538. The van der Waals surface area contributed by atoms with Gasteiger partial charge < -0.3 is 10.2 Å². The predicted octanol–water partition coefficient (Wildman–Crippen LogP) is 1.53. The van der Waals surface area contributed by atoms with Crippen molar-refractivity contribution < 1.29 is 4.79 Å². The van der Waals surface area contributed by atoms with Crippen molar-refractivity contribution in [3.63, 3.8) is 0 Å². The van der Waals surface area contributed by atoms with Crippen molar-refractivity contribution in [3.05, 3.63) is 18.1 Å². The Balaban J connectivity index is 2.73. The van der Waals surface area contributed by atoms with Gasteiger partial charge in [-0.2, -0.15) is 5.26 Å². The molecule has 0 fully saturated rings. The Morgan fingerprint density at radius 1 is 1.58 bits per heavy atom. The molecule has 0 radical (unpaired) electrons. The molecule has 0 saturated heterocycles. The highest BCUT2D eigenvalue weighted by molar-refractivity contribution is 5.92. The third kappa shape index (κ3) is 4.54. The molecule has 6 heteroatoms. The minimum absolute atomic E-state index is 0.205. The van der Waals surface area contributed by atoms with E-state index in [-0.39, 0.29) is 17.5 Å². The van der Waals surface area contributed by atoms with E-state index in [1.54, 1.807) is 20.2 Å². The highest BCUT2D eigenvalue weighted by atomic mass is 16.2. The largest absolute Gasteiger partial charge is 0.369 e. The lowest BCUT2D eigenvalue weighted by Gasteiger charge is -2.17. The zero-order chi connectivity index (χ0) is 14.3. The number of aromatic nitrogens is 2. The first kappa shape index (κ1) is 14.9. The van der Waals surface area contributed by atoms with E-state index in [1.165, 1.54) is 11.1 Å². The highest BCUT2D eigenvalue weighted by Gasteiger charge is 2.16. The number of amides is 1. The number of nitriles is 1. The molecular formula is C13H19N5O. The summed E-state index contributed by atoms with van der Waals surface area (Å²) < 4.78 is 0. The third-order valence-corrected chi connectivity index (χ3v) is 2.52. The molecule has 0 aliphatic heterocycles. The van der Waals surface area contributed by atoms with Gasteiger partial charge in [-0.25, -0.2) is 4.98 Å². The fourth-order valence-corrected chi connectivity index (χ4v) is 1.54. The van der Waals surface area contributed by atoms with Gasteiger partial charge in [0.2, 0.25) is 0 Å². The maximum absolute atomic E-state index is 12.1. The number of rotatable bonds is 6. The molecule has 0 aliphatic carbocycles. The molecule has 1 heterocycles. The second kappa shape index (κ2) is 7.31. The maximum atomic E-state index is 12.1. The van der Waals surface area contributed by atoms with Crippen molar-refractivity contribution in [2.24, 2.45) is 5.92 Å². The summed E-state index contributed by atoms with van der Waals surface area (Å²) in [6.07, 6.45) is 4.00. The summed E-state index contributed by atoms with van der Waals surface area (Å²) in [5, 5.41) is 11.8. The molecule has 1 atom stereocenters. The van der Waals surface area contributed by atoms with Gasteiger partial charge >= 0.3 is 0 Å². The van der Waals surface area contributed by atoms with Crippen LogP contribution in [0.25, 0.3) is 0 Å². The van der Waals surface area contributed by atoms with Crippen LogP contribution in [0.3, 0.4) is 0 Å². The smallest absolute Gasteiger partial charge is 0.273 e. The van der Waals surface area contributed by atoms with Crippen LogP contribution in [-0.2, 0) is 0 Å². The summed E-state index contributed by atoms with van der Waals surface area (Å²) in [7, 11) is 1.66. The van der Waals surface area contributed by atoms with Gasteiger partial charge in [-0.05, 0) is 13.3 Å². The Kier molecular flexibility index (Phi) is 5.73. The summed E-state index contributed by atoms with van der Waals surface area (Å²) in [5.74, 6) is 0.160. The number of carbonyl (C=O) groups is 1. The van der Waals surface area contributed by atoms with E-state index < -0.39 is 0 Å². The summed E-state index contributed by atoms with van der Waals surface area (Å²) >= 11 is 0. The van der Waals surface area contributed by atoms with Crippen LogP contribution >= 0.6 is 0 Å². The van der Waals surface area contributed by atoms with Crippen LogP contribution < -0.4 is 5.32 Å². The van der Waals surface area contributed by atoms with E-state index in [0.29, 0.717) is 12.4 Å². The molecule has 0 saturated carbocycles. The summed E-state index contributed by atoms with van der Waals surface area (Å²) in [6.45, 7) is 4.98. The normalized spacial score (nSPS) is 11.5. The third-order valence-electron chi connectivity index (χ3n) is 2.52. The molecule has 1 amide bonds. The number of anilines is 1. The molecule has 0 spiro atoms. The van der Waals surface area contributed by atoms with Gasteiger partial charge in [-0.3, -0.25) is 9.78 Å². The van der Waals surface area contributed by atoms with Gasteiger partial charge in [0.25, 0.3) is 5.91 Å². The maximum Gasteiger partial charge on any atom is 0.273 e. The lowest BCUT2D eigenvalue weighted by Crippen LogP contribution is -2.31. The first-order valence-electron chi connectivity index (χ1n) is 6.29. The van der Waals surface area contributed by atoms with Gasteiger partial charge in [0.05, 0.1) is 24.4 Å². The lowest BCUT2D eigenvalue weighted by molar-refractivity contribution is 0.0779. The Labute approximate surface area is 113 Å². The van der Waals surface area contributed by atoms with E-state index in [9.17, 15) is 4.79 Å². The van der Waals surface area contributed by atoms with Gasteiger partial charge in [0, 0.05) is 20.1 Å². The van der Waals surface area contributed by atoms with Crippen LogP contribution in [0.5, 0.6) is 0 Å². The molecule has 6 nitrogen and oxygen atoms in total. The molecular weight excluding hydrogens is 242 g/mol. The summed E-state index contributed by atoms with van der Waals surface area (Å²) in [4.78, 5) is 21.8. The minimum atomic E-state index is -0.227. The SMILES string of the molecule is CCCNc1cncc(C(=O)N(C)CC(C)C#N)n1. The van der Waals surface area contributed by atoms with Crippen molar-refractivity contribution in [2.75, 3.05) is 25.5 Å². The number of nitrogens with one attached hydrogen (secondary N) is 1. The fourth-order valence-electron chi connectivity index (χ4n) is 1.54. The molecule has 1 aromatic heterocycles. The quantitative estimate of drug-likeness (QED) is 0.839. The average molecular weight is 261 g/mol. The Morgan fingerprint density at radius 2 is 2.32 bits per heavy atom. The first-order valence-corrected chi connectivity index (χ1v) is 6.29. The van der Waals surface area contributed by atoms with Crippen molar-refractivity contribution in [3.8, 4) is 6.07 Å². The van der Waals surface area contributed by atoms with Crippen molar-refractivity contribution in [1.82, 2.24) is 14.9 Å². The highest BCUT2D eigenvalue weighted by Crippen LogP contribution is 2.06. The average Bonchev–Trinajstić information content (AvgIpc) is 2.44. The standard InChI is InChI=1S/C13H19N5O/c1-4-5-16-12-8-15-7-11(17-12)13(19)18(3)9-10(2)6-14/h7-8,10H,4-5,9H2,1-3H3,(H,16,17). The molecule has 1 N–H and O–H groups in total. The first-order chi connectivity index (χ1) is 9.08. The van der Waals surface area contributed by atoms with Crippen molar-refractivity contribution in [2.45, 2.75) is 20.3 Å². The Hall–Kier alpha value is -2.16. The molecule has 1 rings (SSSR count). The molecule has 0 bridgehead atoms. The molecule has 1 unspecified atom stereocenters. The Bertz CT molecular complexity index is 468. The summed E-state index contributed by atoms with van der Waals surface area (Å²) in [5.41, 5.74) is 0.286. The monoisotopic (exact) mass is 261 g/mol. The van der Waals surface area contributed by atoms with Crippen molar-refractivity contribution in [1.29, 1.82) is 5.26 Å². The van der Waals surface area contributed by atoms with Crippen LogP contribution in [0.15, 0.2) is 12.4 Å². The van der Waals surface area contributed by atoms with Gasteiger partial charge in [0.1, 0.15) is 11.5 Å². The molecule has 102 valence electrons. The minimum Gasteiger partial charge on any atom is -0.369 e. The zero-order valence-corrected chi connectivity index (χ0v) is 11.6. The van der Waals surface area contributed by atoms with Gasteiger partial charge in [0.15, 0.2) is 0 Å². The topological polar surface area (TPSA) is 81.9 Å². The van der Waals surface area contributed by atoms with E-state index in [0.717, 1.165) is 13.0 Å². The summed E-state index contributed by atoms with van der Waals surface area (Å²) in [6, 6.07) is 2.10. The zero-order valence-electron chi connectivity index (χ0n) is 11.6. The van der Waals surface area contributed by atoms with Crippen LogP contribution in [0, 0.1) is 17.2 Å². The second-order valence-corrected chi connectivity index (χ2v) is 4.43. The number of carbonyl (C=O) groups excluding carboxylic acids is 1. The molecule has 0 aromatic carbocycles. The van der Waals surface area contributed by atoms with E-state index in [2.05, 4.69) is 21.4 Å². The van der Waals surface area contributed by atoms with Gasteiger partial charge in [-0.1, -0.05) is 6.92 Å². The Morgan fingerprint density at radius 3 is 2.95 bits per heavy atom. The van der Waals surface area contributed by atoms with E-state index in [1.807, 2.05) is 6.92 Å². The van der Waals surface area contributed by atoms with Crippen LogP contribution in [-0.4, -0.2) is 40.9 Å². The number of hydrogen-bond acceptors (Lipinski definition) is 5. The van der Waals surface area contributed by atoms with Crippen molar-refractivity contribution >= 4 is 11.7 Å². The predicted molar refractivity (Wildman–Crippen MR) is 72.6 cm³/mol. The second-order valence-electron chi connectivity index (χ2n) is 4.43. The van der Waals surface area contributed by atoms with Gasteiger partial charge in [-0.15, -0.1) is 0 Å². The van der Waals surface area contributed by atoms with Crippen LogP contribution in [0.2, 0.25) is 0 Å². The lowest BCUT2D eigenvalue weighted by atomic mass is 10.2. The molecule has 19 heavy (non-hydrogen) atoms. The van der Waals surface area contributed by atoms with E-state index >= 15 is 0 Å². The van der Waals surface area contributed by atoms with Crippen LogP contribution in [0.1, 0.15) is 30.8 Å².